The molecule has 0 saturated heterocycles. The molecular formula is C23H26F2N4O. The Balaban J connectivity index is 1.48. The van der Waals surface area contributed by atoms with E-state index in [1.54, 1.807) is 12.1 Å². The summed E-state index contributed by atoms with van der Waals surface area (Å²) < 4.78 is 33.2. The average Bonchev–Trinajstić information content (AvgIpc) is 3.24. The fourth-order valence-electron chi connectivity index (χ4n) is 3.68. The van der Waals surface area contributed by atoms with Gasteiger partial charge in [0, 0.05) is 42.3 Å². The Morgan fingerprint density at radius 2 is 2.03 bits per heavy atom. The summed E-state index contributed by atoms with van der Waals surface area (Å²) in [5.41, 5.74) is 4.82. The van der Waals surface area contributed by atoms with E-state index in [1.807, 2.05) is 26.2 Å². The van der Waals surface area contributed by atoms with E-state index in [1.165, 1.54) is 17.7 Å². The molecule has 30 heavy (non-hydrogen) atoms. The largest absolute Gasteiger partial charge is 0.494 e. The molecule has 5 nitrogen and oxygen atoms in total. The topological polar surface area (TPSA) is 53.2 Å². The van der Waals surface area contributed by atoms with Crippen molar-refractivity contribution in [2.75, 3.05) is 32.6 Å². The molecule has 2 N–H and O–H groups in total. The van der Waals surface area contributed by atoms with E-state index in [2.05, 4.69) is 26.5 Å². The molecule has 3 aromatic rings. The van der Waals surface area contributed by atoms with Gasteiger partial charge in [0.15, 0.2) is 5.82 Å². The van der Waals surface area contributed by atoms with E-state index in [0.29, 0.717) is 24.5 Å². The summed E-state index contributed by atoms with van der Waals surface area (Å²) in [6.45, 7) is 2.56. The van der Waals surface area contributed by atoms with E-state index in [0.717, 1.165) is 42.5 Å². The Bertz CT molecular complexity index is 1040. The van der Waals surface area contributed by atoms with Crippen LogP contribution in [0.5, 0.6) is 5.75 Å². The Labute approximate surface area is 175 Å². The van der Waals surface area contributed by atoms with Crippen molar-refractivity contribution in [3.8, 4) is 17.0 Å². The van der Waals surface area contributed by atoms with Crippen LogP contribution < -0.4 is 10.1 Å². The second-order valence-corrected chi connectivity index (χ2v) is 8.02. The van der Waals surface area contributed by atoms with Gasteiger partial charge >= 0.3 is 0 Å². The highest BCUT2D eigenvalue weighted by Gasteiger charge is 2.26. The molecule has 0 aliphatic heterocycles. The predicted molar refractivity (Wildman–Crippen MR) is 115 cm³/mol. The first kappa shape index (κ1) is 20.3. The molecule has 0 saturated carbocycles. The summed E-state index contributed by atoms with van der Waals surface area (Å²) in [4.78, 5) is 2.14. The second kappa shape index (κ2) is 8.07. The zero-order valence-corrected chi connectivity index (χ0v) is 17.4. The zero-order chi connectivity index (χ0) is 21.3. The van der Waals surface area contributed by atoms with Crippen molar-refractivity contribution in [1.82, 2.24) is 15.1 Å². The quantitative estimate of drug-likeness (QED) is 0.392. The Kier molecular flexibility index (Phi) is 5.47. The highest BCUT2D eigenvalue weighted by atomic mass is 19.3. The summed E-state index contributed by atoms with van der Waals surface area (Å²) in [6.07, 6.45) is 1.68. The zero-order valence-electron chi connectivity index (χ0n) is 17.4. The highest BCUT2D eigenvalue weighted by molar-refractivity contribution is 5.80. The Morgan fingerprint density at radius 3 is 2.80 bits per heavy atom. The lowest BCUT2D eigenvalue weighted by molar-refractivity contribution is 0.0175. The van der Waals surface area contributed by atoms with Crippen molar-refractivity contribution in [1.29, 1.82) is 0 Å². The summed E-state index contributed by atoms with van der Waals surface area (Å²) in [5.74, 6) is -1.37. The van der Waals surface area contributed by atoms with Gasteiger partial charge in [0.05, 0.1) is 12.3 Å². The van der Waals surface area contributed by atoms with Gasteiger partial charge in [-0.05, 0) is 56.4 Å². The van der Waals surface area contributed by atoms with Crippen LogP contribution in [0.4, 0.5) is 20.3 Å². The number of alkyl halides is 2. The summed E-state index contributed by atoms with van der Waals surface area (Å²) >= 11 is 0. The van der Waals surface area contributed by atoms with Crippen LogP contribution in [0.15, 0.2) is 42.5 Å². The molecule has 0 fully saturated rings. The van der Waals surface area contributed by atoms with E-state index >= 15 is 0 Å². The van der Waals surface area contributed by atoms with Crippen molar-refractivity contribution < 1.29 is 13.5 Å². The molecule has 0 spiro atoms. The number of fused-ring (bicyclic) bond motifs is 3. The number of H-pyrrole nitrogens is 1. The fourth-order valence-corrected chi connectivity index (χ4v) is 3.68. The number of benzene rings is 2. The fraction of sp³-hybridized carbons (Fsp3) is 0.348. The molecule has 1 aliphatic carbocycles. The number of halogens is 2. The van der Waals surface area contributed by atoms with Gasteiger partial charge in [-0.15, -0.1) is 0 Å². The number of anilines is 2. The smallest absolute Gasteiger partial charge is 0.270 e. The molecule has 7 heteroatoms. The van der Waals surface area contributed by atoms with Gasteiger partial charge in [0.2, 0.25) is 0 Å². The molecule has 4 rings (SSSR count). The van der Waals surface area contributed by atoms with Crippen molar-refractivity contribution in [3.63, 3.8) is 0 Å². The van der Waals surface area contributed by atoms with Crippen LogP contribution in [-0.2, 0) is 12.3 Å². The van der Waals surface area contributed by atoms with Gasteiger partial charge in [-0.3, -0.25) is 5.10 Å². The predicted octanol–water partition coefficient (Wildman–Crippen LogP) is 5.17. The molecule has 158 valence electrons. The summed E-state index contributed by atoms with van der Waals surface area (Å²) in [6, 6.07) is 12.4. The van der Waals surface area contributed by atoms with Crippen molar-refractivity contribution in [2.24, 2.45) is 0 Å². The lowest BCUT2D eigenvalue weighted by Crippen LogP contribution is -2.15. The van der Waals surface area contributed by atoms with Crippen LogP contribution in [-0.4, -0.2) is 42.3 Å². The van der Waals surface area contributed by atoms with Gasteiger partial charge in [0.25, 0.3) is 5.92 Å². The molecular weight excluding hydrogens is 386 g/mol. The maximum atomic E-state index is 13.6. The van der Waals surface area contributed by atoms with Crippen LogP contribution in [0.25, 0.3) is 11.3 Å². The van der Waals surface area contributed by atoms with Crippen LogP contribution in [0.1, 0.15) is 30.0 Å². The highest BCUT2D eigenvalue weighted by Crippen LogP contribution is 2.41. The number of nitrogens with zero attached hydrogens (tertiary/aromatic N) is 2. The molecule has 1 heterocycles. The van der Waals surface area contributed by atoms with Crippen LogP contribution in [0.3, 0.4) is 0 Å². The van der Waals surface area contributed by atoms with Gasteiger partial charge in [-0.2, -0.15) is 5.10 Å². The molecule has 0 bridgehead atoms. The van der Waals surface area contributed by atoms with Crippen LogP contribution in [0.2, 0.25) is 0 Å². The summed E-state index contributed by atoms with van der Waals surface area (Å²) in [7, 11) is 4.10. The van der Waals surface area contributed by atoms with Gasteiger partial charge in [-0.25, -0.2) is 8.78 Å². The first-order chi connectivity index (χ1) is 14.3. The third-order valence-corrected chi connectivity index (χ3v) is 5.23. The standard InChI is InChI=1S/C23H26F2N4O/c1-23(24,25)16-6-4-7-17(14-16)26-22-20-13-15-12-18(30-11-5-10-29(2)3)8-9-19(15)21(20)27-28-22/h4,6-9,12,14H,5,10-11,13H2,1-3H3,(H2,26,27,28). The van der Waals surface area contributed by atoms with Gasteiger partial charge in [0.1, 0.15) is 5.75 Å². The van der Waals surface area contributed by atoms with Gasteiger partial charge in [-0.1, -0.05) is 12.1 Å². The Morgan fingerprint density at radius 1 is 1.20 bits per heavy atom. The van der Waals surface area contributed by atoms with E-state index in [9.17, 15) is 8.78 Å². The lowest BCUT2D eigenvalue weighted by atomic mass is 10.1. The molecule has 0 radical (unpaired) electrons. The first-order valence-corrected chi connectivity index (χ1v) is 10.0. The SMILES string of the molecule is CN(C)CCCOc1ccc2c(c1)Cc1c(Nc3cccc(C(C)(F)F)c3)n[nH]c1-2. The number of hydrogen-bond acceptors (Lipinski definition) is 4. The number of aromatic nitrogens is 2. The molecule has 0 amide bonds. The molecule has 1 aliphatic rings. The minimum absolute atomic E-state index is 0.0287. The minimum atomic E-state index is -2.88. The number of ether oxygens (including phenoxy) is 1. The number of hydrogen-bond donors (Lipinski definition) is 2. The monoisotopic (exact) mass is 412 g/mol. The van der Waals surface area contributed by atoms with Crippen LogP contribution >= 0.6 is 0 Å². The van der Waals surface area contributed by atoms with Gasteiger partial charge < -0.3 is 15.0 Å². The number of nitrogens with one attached hydrogen (secondary N) is 2. The third-order valence-electron chi connectivity index (χ3n) is 5.23. The van der Waals surface area contributed by atoms with E-state index in [4.69, 9.17) is 4.74 Å². The maximum Gasteiger partial charge on any atom is 0.270 e. The van der Waals surface area contributed by atoms with E-state index in [-0.39, 0.29) is 5.56 Å². The van der Waals surface area contributed by atoms with Crippen molar-refractivity contribution in [2.45, 2.75) is 25.7 Å². The first-order valence-electron chi connectivity index (χ1n) is 10.0. The van der Waals surface area contributed by atoms with Crippen LogP contribution in [0, 0.1) is 0 Å². The molecule has 0 unspecified atom stereocenters. The molecule has 0 atom stereocenters. The second-order valence-electron chi connectivity index (χ2n) is 8.02. The third kappa shape index (κ3) is 4.31. The maximum absolute atomic E-state index is 13.6. The van der Waals surface area contributed by atoms with Crippen molar-refractivity contribution in [3.05, 3.63) is 59.2 Å². The summed E-state index contributed by atoms with van der Waals surface area (Å²) in [5, 5.41) is 10.6. The average molecular weight is 412 g/mol. The lowest BCUT2D eigenvalue weighted by Gasteiger charge is -2.12. The normalized spacial score (nSPS) is 12.7. The number of rotatable bonds is 8. The molecule has 2 aromatic carbocycles. The van der Waals surface area contributed by atoms with Crippen molar-refractivity contribution >= 4 is 11.5 Å². The van der Waals surface area contributed by atoms with E-state index < -0.39 is 5.92 Å². The molecule has 1 aromatic heterocycles. The minimum Gasteiger partial charge on any atom is -0.494 e. The Hall–Kier alpha value is -2.93. The number of aromatic amines is 1.